The van der Waals surface area contributed by atoms with Crippen LogP contribution >= 0.6 is 0 Å². The number of nitrogens with one attached hydrogen (secondary N) is 1. The average Bonchev–Trinajstić information content (AvgIpc) is 3.22. The smallest absolute Gasteiger partial charge is 0.264 e. The maximum Gasteiger partial charge on any atom is 0.264 e. The number of aryl methyl sites for hydroxylation is 1. The van der Waals surface area contributed by atoms with Crippen molar-refractivity contribution in [1.29, 1.82) is 0 Å². The van der Waals surface area contributed by atoms with Crippen molar-refractivity contribution in [3.63, 3.8) is 0 Å². The number of ether oxygens (including phenoxy) is 1. The van der Waals surface area contributed by atoms with Crippen molar-refractivity contribution >= 4 is 5.91 Å². The van der Waals surface area contributed by atoms with Crippen LogP contribution < -0.4 is 5.32 Å². The second kappa shape index (κ2) is 6.68. The lowest BCUT2D eigenvalue weighted by molar-refractivity contribution is 0.00126. The molecule has 1 aliphatic heterocycles. The van der Waals surface area contributed by atoms with Gasteiger partial charge in [-0.1, -0.05) is 18.2 Å². The molecule has 1 amide bonds. The van der Waals surface area contributed by atoms with Crippen LogP contribution in [0.1, 0.15) is 40.8 Å². The van der Waals surface area contributed by atoms with Gasteiger partial charge >= 0.3 is 0 Å². The highest BCUT2D eigenvalue weighted by molar-refractivity contribution is 5.95. The van der Waals surface area contributed by atoms with Gasteiger partial charge in [0.1, 0.15) is 5.60 Å². The molecule has 1 saturated heterocycles. The Morgan fingerprint density at radius 2 is 2.25 bits per heavy atom. The molecule has 1 aromatic heterocycles. The minimum Gasteiger partial charge on any atom is -0.368 e. The summed E-state index contributed by atoms with van der Waals surface area (Å²) >= 11 is 0. The van der Waals surface area contributed by atoms with Crippen molar-refractivity contribution in [3.05, 3.63) is 53.3 Å². The van der Waals surface area contributed by atoms with Gasteiger partial charge in [0.05, 0.1) is 12.7 Å². The summed E-state index contributed by atoms with van der Waals surface area (Å²) in [6.45, 7) is 0.813. The lowest BCUT2D eigenvalue weighted by atomic mass is 9.93. The van der Waals surface area contributed by atoms with Gasteiger partial charge in [-0.2, -0.15) is 5.10 Å². The molecule has 24 heavy (non-hydrogen) atoms. The van der Waals surface area contributed by atoms with Gasteiger partial charge in [0, 0.05) is 36.5 Å². The van der Waals surface area contributed by atoms with Crippen molar-refractivity contribution < 1.29 is 18.3 Å². The van der Waals surface area contributed by atoms with Crippen LogP contribution in [0.3, 0.4) is 0 Å². The zero-order valence-electron chi connectivity index (χ0n) is 13.3. The first-order chi connectivity index (χ1) is 11.5. The maximum absolute atomic E-state index is 13.1. The monoisotopic (exact) mass is 335 g/mol. The first-order valence-electron chi connectivity index (χ1n) is 7.80. The van der Waals surface area contributed by atoms with Gasteiger partial charge in [-0.3, -0.25) is 9.48 Å². The summed E-state index contributed by atoms with van der Waals surface area (Å²) in [6.07, 6.45) is 2.49. The Morgan fingerprint density at radius 1 is 1.46 bits per heavy atom. The molecule has 2 heterocycles. The van der Waals surface area contributed by atoms with Gasteiger partial charge in [-0.25, -0.2) is 8.78 Å². The molecule has 0 spiro atoms. The molecule has 7 heteroatoms. The molecule has 1 N–H and O–H groups in total. The second-order valence-electron chi connectivity index (χ2n) is 5.92. The molecule has 1 fully saturated rings. The van der Waals surface area contributed by atoms with Gasteiger partial charge in [-0.15, -0.1) is 0 Å². The molecule has 1 unspecified atom stereocenters. The van der Waals surface area contributed by atoms with Gasteiger partial charge in [-0.05, 0) is 18.9 Å². The summed E-state index contributed by atoms with van der Waals surface area (Å²) in [7, 11) is 1.81. The number of benzene rings is 1. The molecule has 3 rings (SSSR count). The van der Waals surface area contributed by atoms with Crippen LogP contribution in [0.5, 0.6) is 0 Å². The zero-order valence-corrected chi connectivity index (χ0v) is 13.3. The van der Waals surface area contributed by atoms with Gasteiger partial charge in [0.15, 0.2) is 0 Å². The number of halogens is 2. The van der Waals surface area contributed by atoms with Gasteiger partial charge < -0.3 is 10.1 Å². The number of rotatable bonds is 5. The normalized spacial score (nSPS) is 20.5. The lowest BCUT2D eigenvalue weighted by Gasteiger charge is -2.27. The fraction of sp³-hybridized carbons (Fsp3) is 0.412. The first kappa shape index (κ1) is 16.6. The molecule has 0 saturated carbocycles. The summed E-state index contributed by atoms with van der Waals surface area (Å²) < 4.78 is 33.7. The summed E-state index contributed by atoms with van der Waals surface area (Å²) in [5.74, 6) is -0.523. The quantitative estimate of drug-likeness (QED) is 0.914. The van der Waals surface area contributed by atoms with E-state index < -0.39 is 17.9 Å². The summed E-state index contributed by atoms with van der Waals surface area (Å²) in [5.41, 5.74) is -0.0431. The number of hydrogen-bond acceptors (Lipinski definition) is 3. The predicted molar refractivity (Wildman–Crippen MR) is 83.8 cm³/mol. The summed E-state index contributed by atoms with van der Waals surface area (Å²) in [6, 6.07) is 5.74. The molecule has 1 atom stereocenters. The number of amides is 1. The van der Waals surface area contributed by atoms with Crippen LogP contribution in [0.15, 0.2) is 36.7 Å². The summed E-state index contributed by atoms with van der Waals surface area (Å²) in [4.78, 5) is 12.4. The largest absolute Gasteiger partial charge is 0.368 e. The Balaban J connectivity index is 1.77. The summed E-state index contributed by atoms with van der Waals surface area (Å²) in [5, 5.41) is 6.90. The van der Waals surface area contributed by atoms with E-state index in [2.05, 4.69) is 10.4 Å². The zero-order chi connectivity index (χ0) is 17.2. The van der Waals surface area contributed by atoms with E-state index in [-0.39, 0.29) is 17.7 Å². The van der Waals surface area contributed by atoms with Crippen LogP contribution in [0.2, 0.25) is 0 Å². The molecule has 0 bridgehead atoms. The Bertz CT molecular complexity index is 724. The topological polar surface area (TPSA) is 56.2 Å². The van der Waals surface area contributed by atoms with Crippen LogP contribution in [-0.4, -0.2) is 28.8 Å². The molecular weight excluding hydrogens is 316 g/mol. The Hall–Kier alpha value is -2.28. The van der Waals surface area contributed by atoms with E-state index in [1.54, 1.807) is 16.9 Å². The van der Waals surface area contributed by atoms with Crippen molar-refractivity contribution in [3.8, 4) is 0 Å². The second-order valence-corrected chi connectivity index (χ2v) is 5.92. The minimum atomic E-state index is -2.69. The minimum absolute atomic E-state index is 0.00756. The van der Waals surface area contributed by atoms with Crippen molar-refractivity contribution in [1.82, 2.24) is 15.1 Å². The fourth-order valence-electron chi connectivity index (χ4n) is 3.04. The maximum atomic E-state index is 13.1. The van der Waals surface area contributed by atoms with Crippen molar-refractivity contribution in [2.24, 2.45) is 7.05 Å². The Morgan fingerprint density at radius 3 is 2.88 bits per heavy atom. The highest BCUT2D eigenvalue weighted by Gasteiger charge is 2.38. The SMILES string of the molecule is Cn1cc(C2(CNC(=O)c3ccccc3C(F)F)CCCO2)cn1. The predicted octanol–water partition coefficient (Wildman–Crippen LogP) is 2.79. The first-order valence-corrected chi connectivity index (χ1v) is 7.80. The molecule has 0 radical (unpaired) electrons. The van der Waals surface area contributed by atoms with Crippen LogP contribution in [-0.2, 0) is 17.4 Å². The number of aromatic nitrogens is 2. The van der Waals surface area contributed by atoms with Crippen LogP contribution in [0.4, 0.5) is 8.78 Å². The van der Waals surface area contributed by atoms with E-state index in [9.17, 15) is 13.6 Å². The third kappa shape index (κ3) is 3.17. The Labute approximate surface area is 138 Å². The van der Waals surface area contributed by atoms with E-state index in [0.29, 0.717) is 6.61 Å². The molecule has 1 aromatic carbocycles. The fourth-order valence-corrected chi connectivity index (χ4v) is 3.04. The molecule has 0 aliphatic carbocycles. The molecule has 1 aliphatic rings. The number of carbonyl (C=O) groups excluding carboxylic acids is 1. The third-order valence-corrected chi connectivity index (χ3v) is 4.31. The highest BCUT2D eigenvalue weighted by atomic mass is 19.3. The Kier molecular flexibility index (Phi) is 4.62. The number of nitrogens with zero attached hydrogens (tertiary/aromatic N) is 2. The van der Waals surface area contributed by atoms with Gasteiger partial charge in [0.25, 0.3) is 12.3 Å². The van der Waals surface area contributed by atoms with E-state index in [1.807, 2.05) is 13.2 Å². The van der Waals surface area contributed by atoms with Crippen molar-refractivity contribution in [2.45, 2.75) is 24.9 Å². The van der Waals surface area contributed by atoms with Crippen LogP contribution in [0.25, 0.3) is 0 Å². The third-order valence-electron chi connectivity index (χ3n) is 4.31. The lowest BCUT2D eigenvalue weighted by Crippen LogP contribution is -2.40. The number of hydrogen-bond donors (Lipinski definition) is 1. The van der Waals surface area contributed by atoms with Gasteiger partial charge in [0.2, 0.25) is 0 Å². The van der Waals surface area contributed by atoms with E-state index in [4.69, 9.17) is 4.74 Å². The molecule has 2 aromatic rings. The van der Waals surface area contributed by atoms with Crippen LogP contribution in [0, 0.1) is 0 Å². The molecule has 128 valence electrons. The molecule has 5 nitrogen and oxygen atoms in total. The highest BCUT2D eigenvalue weighted by Crippen LogP contribution is 2.35. The number of alkyl halides is 2. The number of carbonyl (C=O) groups is 1. The molecular formula is C17H19F2N3O2. The van der Waals surface area contributed by atoms with Crippen molar-refractivity contribution in [2.75, 3.05) is 13.2 Å². The standard InChI is InChI=1S/C17H19F2N3O2/c1-22-10-12(9-21-22)17(7-4-8-24-17)11-20-16(23)14-6-3-2-5-13(14)15(18)19/h2-3,5-6,9-10,15H,4,7-8,11H2,1H3,(H,20,23). The van der Waals surface area contributed by atoms with E-state index in [1.165, 1.54) is 18.2 Å². The van der Waals surface area contributed by atoms with E-state index >= 15 is 0 Å². The van der Waals surface area contributed by atoms with E-state index in [0.717, 1.165) is 18.4 Å². The average molecular weight is 335 g/mol.